The number of rotatable bonds is 12. The van der Waals surface area contributed by atoms with E-state index in [1.54, 1.807) is 12.1 Å². The van der Waals surface area contributed by atoms with Crippen molar-refractivity contribution in [1.82, 2.24) is 10.6 Å². The second-order valence-electron chi connectivity index (χ2n) is 7.54. The molecule has 11 heteroatoms. The first-order valence-corrected chi connectivity index (χ1v) is 10.3. The molecule has 0 unspecified atom stereocenters. The molecule has 4 atom stereocenters. The Morgan fingerprint density at radius 1 is 1.25 bits per heavy atom. The van der Waals surface area contributed by atoms with E-state index in [0.717, 1.165) is 5.56 Å². The SMILES string of the molecule is CC(=O)O[C@@H]1[C@@H](O)CN[C@@H]1Cc1ccc(OCC(=O)N[C@H](CCCCN)C(=O)O)cc1.Cl. The summed E-state index contributed by atoms with van der Waals surface area (Å²) < 4.78 is 10.6. The lowest BCUT2D eigenvalue weighted by Crippen LogP contribution is -2.43. The highest BCUT2D eigenvalue weighted by Gasteiger charge is 2.37. The second kappa shape index (κ2) is 13.9. The van der Waals surface area contributed by atoms with Crippen LogP contribution in [-0.2, 0) is 25.5 Å². The zero-order chi connectivity index (χ0) is 22.8. The number of esters is 1. The number of benzene rings is 1. The Morgan fingerprint density at radius 3 is 2.53 bits per heavy atom. The Balaban J connectivity index is 0.00000512. The summed E-state index contributed by atoms with van der Waals surface area (Å²) in [5, 5.41) is 24.8. The fourth-order valence-corrected chi connectivity index (χ4v) is 3.42. The average Bonchev–Trinajstić information content (AvgIpc) is 3.05. The fraction of sp³-hybridized carbons (Fsp3) is 0.571. The fourth-order valence-electron chi connectivity index (χ4n) is 3.42. The lowest BCUT2D eigenvalue weighted by molar-refractivity contribution is -0.151. The highest BCUT2D eigenvalue weighted by Crippen LogP contribution is 2.19. The number of carbonyl (C=O) groups excluding carboxylic acids is 2. The monoisotopic (exact) mass is 473 g/mol. The number of hydrogen-bond donors (Lipinski definition) is 5. The summed E-state index contributed by atoms with van der Waals surface area (Å²) in [6.45, 7) is 1.83. The molecule has 0 spiro atoms. The van der Waals surface area contributed by atoms with E-state index in [0.29, 0.717) is 44.5 Å². The predicted molar refractivity (Wildman–Crippen MR) is 119 cm³/mol. The number of unbranched alkanes of at least 4 members (excludes halogenated alkanes) is 1. The molecule has 1 amide bonds. The minimum atomic E-state index is -1.09. The van der Waals surface area contributed by atoms with Crippen LogP contribution in [0.15, 0.2) is 24.3 Å². The number of β-amino-alcohol motifs (C(OH)–C–C–N with tert-alkyl or cyclic N) is 1. The van der Waals surface area contributed by atoms with Crippen molar-refractivity contribution in [3.05, 3.63) is 29.8 Å². The van der Waals surface area contributed by atoms with Crippen molar-refractivity contribution in [2.45, 2.75) is 56.9 Å². The molecule has 0 aromatic heterocycles. The van der Waals surface area contributed by atoms with Crippen LogP contribution in [0.1, 0.15) is 31.7 Å². The third-order valence-corrected chi connectivity index (χ3v) is 5.00. The maximum atomic E-state index is 12.0. The third-order valence-electron chi connectivity index (χ3n) is 5.00. The molecular weight excluding hydrogens is 442 g/mol. The summed E-state index contributed by atoms with van der Waals surface area (Å²) in [5.41, 5.74) is 6.34. The summed E-state index contributed by atoms with van der Waals surface area (Å²) in [6.07, 6.45) is 0.800. The van der Waals surface area contributed by atoms with Crippen molar-refractivity contribution in [3.8, 4) is 5.75 Å². The van der Waals surface area contributed by atoms with Gasteiger partial charge in [0.25, 0.3) is 5.91 Å². The average molecular weight is 474 g/mol. The van der Waals surface area contributed by atoms with Crippen LogP contribution in [0.3, 0.4) is 0 Å². The van der Waals surface area contributed by atoms with Crippen LogP contribution in [0.25, 0.3) is 0 Å². The van der Waals surface area contributed by atoms with Gasteiger partial charge in [-0.1, -0.05) is 12.1 Å². The first-order chi connectivity index (χ1) is 14.8. The van der Waals surface area contributed by atoms with Crippen molar-refractivity contribution in [2.24, 2.45) is 5.73 Å². The molecule has 6 N–H and O–H groups in total. The van der Waals surface area contributed by atoms with Gasteiger partial charge in [-0.15, -0.1) is 12.4 Å². The van der Waals surface area contributed by atoms with Crippen LogP contribution in [0.4, 0.5) is 0 Å². The number of carboxylic acids is 1. The van der Waals surface area contributed by atoms with Crippen LogP contribution < -0.4 is 21.1 Å². The number of nitrogens with one attached hydrogen (secondary N) is 2. The molecule has 1 aromatic rings. The Labute approximate surface area is 193 Å². The van der Waals surface area contributed by atoms with Crippen molar-refractivity contribution < 1.29 is 34.1 Å². The normalized spacial score (nSPS) is 20.7. The van der Waals surface area contributed by atoms with E-state index in [1.165, 1.54) is 6.92 Å². The van der Waals surface area contributed by atoms with E-state index in [2.05, 4.69) is 10.6 Å². The van der Waals surface area contributed by atoms with Gasteiger partial charge in [0.15, 0.2) is 6.61 Å². The van der Waals surface area contributed by atoms with E-state index < -0.39 is 36.1 Å². The number of carboxylic acid groups (broad SMARTS) is 1. The van der Waals surface area contributed by atoms with E-state index >= 15 is 0 Å². The molecule has 2 rings (SSSR count). The molecule has 1 fully saturated rings. The maximum Gasteiger partial charge on any atom is 0.326 e. The van der Waals surface area contributed by atoms with E-state index in [9.17, 15) is 24.6 Å². The van der Waals surface area contributed by atoms with Gasteiger partial charge in [0.05, 0.1) is 6.04 Å². The highest BCUT2D eigenvalue weighted by molar-refractivity contribution is 5.85. The Bertz CT molecular complexity index is 747. The molecule has 1 aliphatic heterocycles. The van der Waals surface area contributed by atoms with Crippen LogP contribution in [-0.4, -0.2) is 72.0 Å². The number of aliphatic carboxylic acids is 1. The molecule has 1 saturated heterocycles. The second-order valence-corrected chi connectivity index (χ2v) is 7.54. The Hall–Kier alpha value is -2.40. The number of hydrogen-bond acceptors (Lipinski definition) is 8. The van der Waals surface area contributed by atoms with E-state index in [-0.39, 0.29) is 25.1 Å². The number of ether oxygens (including phenoxy) is 2. The van der Waals surface area contributed by atoms with Gasteiger partial charge in [0.1, 0.15) is 24.0 Å². The van der Waals surface area contributed by atoms with E-state index in [1.807, 2.05) is 12.1 Å². The van der Waals surface area contributed by atoms with Gasteiger partial charge in [-0.25, -0.2) is 4.79 Å². The minimum absolute atomic E-state index is 0. The van der Waals surface area contributed by atoms with Crippen molar-refractivity contribution in [2.75, 3.05) is 19.7 Å². The van der Waals surface area contributed by atoms with Crippen molar-refractivity contribution in [1.29, 1.82) is 0 Å². The first kappa shape index (κ1) is 27.6. The minimum Gasteiger partial charge on any atom is -0.484 e. The summed E-state index contributed by atoms with van der Waals surface area (Å²) >= 11 is 0. The smallest absolute Gasteiger partial charge is 0.326 e. The number of aliphatic hydroxyl groups is 1. The molecule has 0 radical (unpaired) electrons. The number of carbonyl (C=O) groups is 3. The van der Waals surface area contributed by atoms with Gasteiger partial charge in [0, 0.05) is 13.5 Å². The number of amides is 1. The zero-order valence-electron chi connectivity index (χ0n) is 18.0. The Kier molecular flexibility index (Phi) is 12.0. The molecule has 1 aliphatic rings. The molecule has 10 nitrogen and oxygen atoms in total. The lowest BCUT2D eigenvalue weighted by Gasteiger charge is -2.21. The van der Waals surface area contributed by atoms with Gasteiger partial charge in [0.2, 0.25) is 0 Å². The molecule has 0 bridgehead atoms. The summed E-state index contributed by atoms with van der Waals surface area (Å²) in [7, 11) is 0. The topological polar surface area (TPSA) is 160 Å². The summed E-state index contributed by atoms with van der Waals surface area (Å²) in [5.74, 6) is -1.58. The van der Waals surface area contributed by atoms with Gasteiger partial charge >= 0.3 is 11.9 Å². The number of aliphatic hydroxyl groups excluding tert-OH is 1. The molecule has 1 aromatic carbocycles. The van der Waals surface area contributed by atoms with Crippen LogP contribution in [0, 0.1) is 0 Å². The quantitative estimate of drug-likeness (QED) is 0.208. The van der Waals surface area contributed by atoms with Gasteiger partial charge in [-0.05, 0) is 49.9 Å². The standard InChI is InChI=1S/C21H31N3O7.ClH/c1-13(25)31-20-17(23-11-18(20)26)10-14-5-7-15(8-6-14)30-12-19(27)24-16(21(28)29)4-2-3-9-22;/h5-8,16-18,20,23,26H,2-4,9-12,22H2,1H3,(H,24,27)(H,28,29);1H/t16-,17-,18+,20+;/m1./s1. The molecule has 1 heterocycles. The van der Waals surface area contributed by atoms with Crippen LogP contribution in [0.2, 0.25) is 0 Å². The molecule has 0 saturated carbocycles. The zero-order valence-corrected chi connectivity index (χ0v) is 18.8. The molecular formula is C21H32ClN3O7. The maximum absolute atomic E-state index is 12.0. The van der Waals surface area contributed by atoms with Gasteiger partial charge in [-0.3, -0.25) is 9.59 Å². The van der Waals surface area contributed by atoms with E-state index in [4.69, 9.17) is 15.2 Å². The summed E-state index contributed by atoms with van der Waals surface area (Å²) in [4.78, 5) is 34.5. The molecule has 32 heavy (non-hydrogen) atoms. The van der Waals surface area contributed by atoms with Gasteiger partial charge in [-0.2, -0.15) is 0 Å². The molecule has 180 valence electrons. The van der Waals surface area contributed by atoms with Crippen molar-refractivity contribution >= 4 is 30.3 Å². The first-order valence-electron chi connectivity index (χ1n) is 10.3. The third kappa shape index (κ3) is 8.99. The number of nitrogens with two attached hydrogens (primary N) is 1. The Morgan fingerprint density at radius 2 is 1.94 bits per heavy atom. The van der Waals surface area contributed by atoms with Gasteiger partial charge < -0.3 is 36.1 Å². The van der Waals surface area contributed by atoms with Crippen molar-refractivity contribution in [3.63, 3.8) is 0 Å². The predicted octanol–water partition coefficient (Wildman–Crippen LogP) is -0.00750. The molecule has 0 aliphatic carbocycles. The van der Waals surface area contributed by atoms with Crippen LogP contribution >= 0.6 is 12.4 Å². The lowest BCUT2D eigenvalue weighted by atomic mass is 10.0. The number of halogens is 1. The highest BCUT2D eigenvalue weighted by atomic mass is 35.5. The summed E-state index contributed by atoms with van der Waals surface area (Å²) in [6, 6.07) is 5.86. The van der Waals surface area contributed by atoms with Crippen LogP contribution in [0.5, 0.6) is 5.75 Å². The largest absolute Gasteiger partial charge is 0.484 e.